The Labute approximate surface area is 150 Å². The molecule has 0 saturated heterocycles. The predicted octanol–water partition coefficient (Wildman–Crippen LogP) is 0.347. The molecule has 0 spiro atoms. The van der Waals surface area contributed by atoms with Gasteiger partial charge in [-0.05, 0) is 31.5 Å². The number of sulfonamides is 1. The summed E-state index contributed by atoms with van der Waals surface area (Å²) in [6, 6.07) is 4.10. The highest BCUT2D eigenvalue weighted by Gasteiger charge is 2.36. The lowest BCUT2D eigenvalue weighted by Gasteiger charge is -2.42. The minimum absolute atomic E-state index is 0.0284. The number of likely N-dealkylation sites (N-methyl/N-ethyl adjacent to an activating group) is 1. The number of aromatic nitrogens is 1. The van der Waals surface area contributed by atoms with Crippen LogP contribution in [0, 0.1) is 0 Å². The third kappa shape index (κ3) is 3.53. The number of hydrogen-bond acceptors (Lipinski definition) is 6. The Balaban J connectivity index is 1.69. The molecule has 1 aliphatic rings. The highest BCUT2D eigenvalue weighted by atomic mass is 32.2. The van der Waals surface area contributed by atoms with Crippen molar-refractivity contribution in [2.24, 2.45) is 7.05 Å². The molecule has 2 N–H and O–H groups in total. The van der Waals surface area contributed by atoms with E-state index in [9.17, 15) is 18.0 Å². The number of carboxylic acid groups (broad SMARTS) is 1. The van der Waals surface area contributed by atoms with E-state index in [2.05, 4.69) is 4.72 Å². The molecule has 1 heterocycles. The number of aryl methyl sites for hydroxylation is 1. The van der Waals surface area contributed by atoms with Gasteiger partial charge < -0.3 is 9.52 Å². The molecule has 1 saturated carbocycles. The topological polar surface area (TPSA) is 122 Å². The summed E-state index contributed by atoms with van der Waals surface area (Å²) in [6.45, 7) is 2.42. The smallest absolute Gasteiger partial charge is 0.419 e. The highest BCUT2D eigenvalue weighted by Crippen LogP contribution is 2.27. The van der Waals surface area contributed by atoms with E-state index in [1.807, 2.05) is 11.8 Å². The Morgan fingerprint density at radius 1 is 1.42 bits per heavy atom. The van der Waals surface area contributed by atoms with Crippen LogP contribution in [0.25, 0.3) is 11.1 Å². The Kier molecular flexibility index (Phi) is 4.91. The second kappa shape index (κ2) is 6.86. The number of fused-ring (bicyclic) bond motifs is 1. The summed E-state index contributed by atoms with van der Waals surface area (Å²) in [5, 5.41) is 8.91. The van der Waals surface area contributed by atoms with E-state index in [4.69, 9.17) is 9.52 Å². The van der Waals surface area contributed by atoms with Gasteiger partial charge in [-0.25, -0.2) is 17.9 Å². The minimum Gasteiger partial charge on any atom is -0.480 e. The Morgan fingerprint density at radius 2 is 2.12 bits per heavy atom. The van der Waals surface area contributed by atoms with Crippen LogP contribution < -0.4 is 10.5 Å². The van der Waals surface area contributed by atoms with Gasteiger partial charge in [-0.1, -0.05) is 6.92 Å². The fourth-order valence-corrected chi connectivity index (χ4v) is 4.50. The van der Waals surface area contributed by atoms with E-state index in [0.717, 1.165) is 0 Å². The number of carbonyl (C=O) groups is 1. The third-order valence-electron chi connectivity index (χ3n) is 4.77. The van der Waals surface area contributed by atoms with Gasteiger partial charge in [0.1, 0.15) is 0 Å². The fourth-order valence-electron chi connectivity index (χ4n) is 3.22. The van der Waals surface area contributed by atoms with Crippen molar-refractivity contribution in [2.45, 2.75) is 36.7 Å². The molecule has 10 heteroatoms. The monoisotopic (exact) mass is 383 g/mol. The van der Waals surface area contributed by atoms with Gasteiger partial charge in [0.2, 0.25) is 10.0 Å². The van der Waals surface area contributed by atoms with Crippen LogP contribution in [-0.2, 0) is 21.9 Å². The van der Waals surface area contributed by atoms with Gasteiger partial charge in [-0.3, -0.25) is 14.3 Å². The molecular formula is C16H21N3O6S. The molecule has 2 aromatic rings. The molecule has 26 heavy (non-hydrogen) atoms. The molecule has 0 aliphatic heterocycles. The number of carboxylic acids is 1. The first-order valence-electron chi connectivity index (χ1n) is 8.29. The second-order valence-corrected chi connectivity index (χ2v) is 8.17. The number of aliphatic carboxylic acids is 1. The highest BCUT2D eigenvalue weighted by molar-refractivity contribution is 7.89. The molecule has 1 aromatic heterocycles. The van der Waals surface area contributed by atoms with Crippen LogP contribution in [0.4, 0.5) is 0 Å². The van der Waals surface area contributed by atoms with Gasteiger partial charge in [-0.2, -0.15) is 0 Å². The lowest BCUT2D eigenvalue weighted by Crippen LogP contribution is -2.54. The van der Waals surface area contributed by atoms with Crippen LogP contribution in [0.3, 0.4) is 0 Å². The summed E-state index contributed by atoms with van der Waals surface area (Å²) in [5.41, 5.74) is 0.732. The fraction of sp³-hybridized carbons (Fsp3) is 0.500. The van der Waals surface area contributed by atoms with E-state index in [0.29, 0.717) is 24.9 Å². The molecule has 0 amide bonds. The zero-order valence-corrected chi connectivity index (χ0v) is 15.3. The number of benzene rings is 1. The Morgan fingerprint density at radius 3 is 2.73 bits per heavy atom. The SMILES string of the molecule is CCN(CC(=O)O)C1CC(NS(=O)(=O)c2ccc3c(c2)oc(=O)n3C)C1. The molecular weight excluding hydrogens is 362 g/mol. The lowest BCUT2D eigenvalue weighted by atomic mass is 9.86. The molecule has 0 atom stereocenters. The van der Waals surface area contributed by atoms with Crippen molar-refractivity contribution >= 4 is 27.1 Å². The van der Waals surface area contributed by atoms with Crippen LogP contribution in [0.1, 0.15) is 19.8 Å². The van der Waals surface area contributed by atoms with Gasteiger partial charge in [-0.15, -0.1) is 0 Å². The summed E-state index contributed by atoms with van der Waals surface area (Å²) in [6.07, 6.45) is 1.12. The number of rotatable bonds is 7. The second-order valence-electron chi connectivity index (χ2n) is 6.46. The summed E-state index contributed by atoms with van der Waals surface area (Å²) < 4.78 is 34.1. The van der Waals surface area contributed by atoms with E-state index >= 15 is 0 Å². The van der Waals surface area contributed by atoms with E-state index in [-0.39, 0.29) is 29.1 Å². The van der Waals surface area contributed by atoms with Crippen LogP contribution in [0.2, 0.25) is 0 Å². The van der Waals surface area contributed by atoms with Gasteiger partial charge in [0.05, 0.1) is 17.0 Å². The number of nitrogens with one attached hydrogen (secondary N) is 1. The summed E-state index contributed by atoms with van der Waals surface area (Å²) in [7, 11) is -2.20. The standard InChI is InChI=1S/C16H21N3O6S/c1-3-19(9-15(20)21)11-6-10(7-11)17-26(23,24)12-4-5-13-14(8-12)25-16(22)18(13)2/h4-5,8,10-11,17H,3,6-7,9H2,1-2H3,(H,20,21). The van der Waals surface area contributed by atoms with E-state index in [1.165, 1.54) is 22.8 Å². The third-order valence-corrected chi connectivity index (χ3v) is 6.29. The van der Waals surface area contributed by atoms with Crippen LogP contribution in [0.5, 0.6) is 0 Å². The van der Waals surface area contributed by atoms with Crippen molar-refractivity contribution in [3.05, 3.63) is 28.7 Å². The molecule has 142 valence electrons. The molecule has 0 bridgehead atoms. The van der Waals surface area contributed by atoms with Crippen LogP contribution in [-0.4, -0.2) is 54.1 Å². The van der Waals surface area contributed by atoms with Crippen LogP contribution in [0.15, 0.2) is 32.3 Å². The zero-order chi connectivity index (χ0) is 19.1. The zero-order valence-electron chi connectivity index (χ0n) is 14.5. The summed E-state index contributed by atoms with van der Waals surface area (Å²) >= 11 is 0. The van der Waals surface area contributed by atoms with Crippen molar-refractivity contribution in [1.82, 2.24) is 14.2 Å². The Hall–Kier alpha value is -2.17. The molecule has 1 aromatic carbocycles. The summed E-state index contributed by atoms with van der Waals surface area (Å²) in [4.78, 5) is 24.2. The van der Waals surface area contributed by atoms with E-state index < -0.39 is 21.7 Å². The van der Waals surface area contributed by atoms with Crippen LogP contribution >= 0.6 is 0 Å². The normalized spacial score (nSPS) is 20.4. The number of hydrogen-bond donors (Lipinski definition) is 2. The molecule has 0 radical (unpaired) electrons. The minimum atomic E-state index is -3.75. The number of nitrogens with zero attached hydrogens (tertiary/aromatic N) is 2. The van der Waals surface area contributed by atoms with Crippen molar-refractivity contribution in [1.29, 1.82) is 0 Å². The molecule has 0 unspecified atom stereocenters. The first kappa shape index (κ1) is 18.6. The first-order chi connectivity index (χ1) is 12.2. The largest absolute Gasteiger partial charge is 0.480 e. The van der Waals surface area contributed by atoms with Crippen molar-refractivity contribution < 1.29 is 22.7 Å². The average molecular weight is 383 g/mol. The van der Waals surface area contributed by atoms with Gasteiger partial charge in [0, 0.05) is 25.2 Å². The van der Waals surface area contributed by atoms with Crippen molar-refractivity contribution in [2.75, 3.05) is 13.1 Å². The lowest BCUT2D eigenvalue weighted by molar-refractivity contribution is -0.139. The summed E-state index contributed by atoms with van der Waals surface area (Å²) in [5.74, 6) is -1.45. The maximum atomic E-state index is 12.5. The quantitative estimate of drug-likeness (QED) is 0.707. The van der Waals surface area contributed by atoms with Gasteiger partial charge in [0.15, 0.2) is 5.58 Å². The maximum Gasteiger partial charge on any atom is 0.419 e. The first-order valence-corrected chi connectivity index (χ1v) is 9.77. The van der Waals surface area contributed by atoms with Crippen molar-refractivity contribution in [3.8, 4) is 0 Å². The Bertz CT molecular complexity index is 987. The molecule has 9 nitrogen and oxygen atoms in total. The maximum absolute atomic E-state index is 12.5. The van der Waals surface area contributed by atoms with Gasteiger partial charge in [0.25, 0.3) is 0 Å². The average Bonchev–Trinajstić information content (AvgIpc) is 2.82. The predicted molar refractivity (Wildman–Crippen MR) is 93.5 cm³/mol. The van der Waals surface area contributed by atoms with Gasteiger partial charge >= 0.3 is 11.7 Å². The number of oxazole rings is 1. The van der Waals surface area contributed by atoms with Crippen molar-refractivity contribution in [3.63, 3.8) is 0 Å². The molecule has 3 rings (SSSR count). The van der Waals surface area contributed by atoms with E-state index in [1.54, 1.807) is 7.05 Å². The molecule has 1 fully saturated rings. The molecule has 1 aliphatic carbocycles.